The first-order chi connectivity index (χ1) is 9.13. The number of halogens is 1. The van der Waals surface area contributed by atoms with E-state index in [1.807, 2.05) is 48.5 Å². The normalized spacial score (nSPS) is 10.8. The molecule has 94 valence electrons. The second-order valence-corrected chi connectivity index (χ2v) is 5.30. The lowest BCUT2D eigenvalue weighted by Crippen LogP contribution is -1.94. The maximum atomic E-state index is 6.09. The van der Waals surface area contributed by atoms with Crippen LogP contribution in [0, 0.1) is 0 Å². The summed E-state index contributed by atoms with van der Waals surface area (Å²) in [5, 5.41) is 0.888. The molecule has 0 aliphatic rings. The van der Waals surface area contributed by atoms with E-state index in [-0.39, 0.29) is 0 Å². The van der Waals surface area contributed by atoms with Crippen LogP contribution < -0.4 is 11.5 Å². The molecule has 1 heterocycles. The van der Waals surface area contributed by atoms with Crippen molar-refractivity contribution in [3.05, 3.63) is 53.0 Å². The summed E-state index contributed by atoms with van der Waals surface area (Å²) in [6.45, 7) is 0. The van der Waals surface area contributed by atoms with Crippen LogP contribution in [0.25, 0.3) is 22.2 Å². The average Bonchev–Trinajstić information content (AvgIpc) is 2.39. The van der Waals surface area contributed by atoms with Crippen LogP contribution in [-0.2, 0) is 0 Å². The Bertz CT molecular complexity index is 768. The Hall–Kier alpha value is -2.07. The minimum atomic E-state index is 0.687. The van der Waals surface area contributed by atoms with Crippen LogP contribution in [0.4, 0.5) is 11.4 Å². The number of nitrogen functional groups attached to an aromatic ring is 2. The number of nitrogens with two attached hydrogens (primary N) is 2. The Morgan fingerprint density at radius 3 is 2.58 bits per heavy atom. The SMILES string of the molecule is Nc1ccc2nc(-c3cccc(Br)c3)cc(N)c2c1. The number of aromatic nitrogens is 1. The maximum Gasteiger partial charge on any atom is 0.0731 e. The van der Waals surface area contributed by atoms with E-state index >= 15 is 0 Å². The third kappa shape index (κ3) is 2.27. The van der Waals surface area contributed by atoms with E-state index in [2.05, 4.69) is 20.9 Å². The first kappa shape index (κ1) is 12.0. The average molecular weight is 314 g/mol. The van der Waals surface area contributed by atoms with Crippen molar-refractivity contribution < 1.29 is 0 Å². The second kappa shape index (κ2) is 4.55. The van der Waals surface area contributed by atoms with Gasteiger partial charge in [-0.1, -0.05) is 28.1 Å². The van der Waals surface area contributed by atoms with Crippen LogP contribution in [0.3, 0.4) is 0 Å². The van der Waals surface area contributed by atoms with E-state index in [1.54, 1.807) is 0 Å². The lowest BCUT2D eigenvalue weighted by molar-refractivity contribution is 1.40. The summed E-state index contributed by atoms with van der Waals surface area (Å²) in [6, 6.07) is 15.4. The molecule has 0 atom stereocenters. The molecule has 0 saturated heterocycles. The zero-order valence-electron chi connectivity index (χ0n) is 10.1. The molecule has 1 aromatic heterocycles. The van der Waals surface area contributed by atoms with Crippen LogP contribution in [0.1, 0.15) is 0 Å². The van der Waals surface area contributed by atoms with Gasteiger partial charge in [0.1, 0.15) is 0 Å². The fourth-order valence-corrected chi connectivity index (χ4v) is 2.46. The van der Waals surface area contributed by atoms with Gasteiger partial charge in [0.05, 0.1) is 11.2 Å². The van der Waals surface area contributed by atoms with Gasteiger partial charge in [-0.05, 0) is 36.4 Å². The minimum Gasteiger partial charge on any atom is -0.399 e. The Morgan fingerprint density at radius 2 is 1.79 bits per heavy atom. The summed E-state index contributed by atoms with van der Waals surface area (Å²) in [6.07, 6.45) is 0. The number of anilines is 2. The van der Waals surface area contributed by atoms with E-state index in [9.17, 15) is 0 Å². The quantitative estimate of drug-likeness (QED) is 0.671. The van der Waals surface area contributed by atoms with Gasteiger partial charge >= 0.3 is 0 Å². The summed E-state index contributed by atoms with van der Waals surface area (Å²) < 4.78 is 1.02. The summed E-state index contributed by atoms with van der Waals surface area (Å²) >= 11 is 3.46. The zero-order valence-corrected chi connectivity index (χ0v) is 11.7. The molecule has 0 aliphatic heterocycles. The van der Waals surface area contributed by atoms with Gasteiger partial charge < -0.3 is 11.5 Å². The van der Waals surface area contributed by atoms with Crippen molar-refractivity contribution in [3.63, 3.8) is 0 Å². The third-order valence-corrected chi connectivity index (χ3v) is 3.48. The molecule has 0 radical (unpaired) electrons. The van der Waals surface area contributed by atoms with Gasteiger partial charge in [0.2, 0.25) is 0 Å². The van der Waals surface area contributed by atoms with Crippen molar-refractivity contribution >= 4 is 38.2 Å². The number of nitrogens with zero attached hydrogens (tertiary/aromatic N) is 1. The molecule has 0 fully saturated rings. The molecule has 0 unspecified atom stereocenters. The number of fused-ring (bicyclic) bond motifs is 1. The minimum absolute atomic E-state index is 0.687. The van der Waals surface area contributed by atoms with Crippen molar-refractivity contribution in [2.45, 2.75) is 0 Å². The highest BCUT2D eigenvalue weighted by molar-refractivity contribution is 9.10. The number of rotatable bonds is 1. The molecular formula is C15H12BrN3. The highest BCUT2D eigenvalue weighted by Crippen LogP contribution is 2.28. The van der Waals surface area contributed by atoms with Crippen LogP contribution >= 0.6 is 15.9 Å². The van der Waals surface area contributed by atoms with E-state index in [4.69, 9.17) is 11.5 Å². The first-order valence-corrected chi connectivity index (χ1v) is 6.64. The Balaban J connectivity index is 2.24. The molecule has 3 aromatic rings. The van der Waals surface area contributed by atoms with Gasteiger partial charge in [-0.25, -0.2) is 4.98 Å². The molecular weight excluding hydrogens is 302 g/mol. The Labute approximate surface area is 119 Å². The van der Waals surface area contributed by atoms with Crippen molar-refractivity contribution in [1.29, 1.82) is 0 Å². The fourth-order valence-electron chi connectivity index (χ4n) is 2.07. The number of benzene rings is 2. The van der Waals surface area contributed by atoms with E-state index in [0.717, 1.165) is 26.6 Å². The molecule has 4 N–H and O–H groups in total. The highest BCUT2D eigenvalue weighted by atomic mass is 79.9. The molecule has 3 rings (SSSR count). The smallest absolute Gasteiger partial charge is 0.0731 e. The standard InChI is InChI=1S/C15H12BrN3/c16-10-3-1-2-9(6-10)15-8-13(18)12-7-11(17)4-5-14(12)19-15/h1-8H,17H2,(H2,18,19). The highest BCUT2D eigenvalue weighted by Gasteiger charge is 2.06. The Kier molecular flexibility index (Phi) is 2.87. The van der Waals surface area contributed by atoms with Crippen molar-refractivity contribution in [1.82, 2.24) is 4.98 Å². The number of hydrogen-bond acceptors (Lipinski definition) is 3. The largest absolute Gasteiger partial charge is 0.399 e. The third-order valence-electron chi connectivity index (χ3n) is 2.99. The predicted molar refractivity (Wildman–Crippen MR) is 83.7 cm³/mol. The van der Waals surface area contributed by atoms with Gasteiger partial charge in [-0.2, -0.15) is 0 Å². The monoisotopic (exact) mass is 313 g/mol. The van der Waals surface area contributed by atoms with Crippen LogP contribution in [0.15, 0.2) is 53.0 Å². The summed E-state index contributed by atoms with van der Waals surface area (Å²) in [5.74, 6) is 0. The Morgan fingerprint density at radius 1 is 0.947 bits per heavy atom. The lowest BCUT2D eigenvalue weighted by Gasteiger charge is -2.07. The molecule has 19 heavy (non-hydrogen) atoms. The van der Waals surface area contributed by atoms with Crippen LogP contribution in [-0.4, -0.2) is 4.98 Å². The van der Waals surface area contributed by atoms with Crippen LogP contribution in [0.2, 0.25) is 0 Å². The molecule has 0 bridgehead atoms. The number of hydrogen-bond donors (Lipinski definition) is 2. The molecule has 3 nitrogen and oxygen atoms in total. The van der Waals surface area contributed by atoms with E-state index < -0.39 is 0 Å². The maximum absolute atomic E-state index is 6.09. The zero-order chi connectivity index (χ0) is 13.4. The molecule has 4 heteroatoms. The molecule has 0 spiro atoms. The second-order valence-electron chi connectivity index (χ2n) is 4.38. The van der Waals surface area contributed by atoms with Gasteiger partial charge in [0.25, 0.3) is 0 Å². The predicted octanol–water partition coefficient (Wildman–Crippen LogP) is 3.83. The number of pyridine rings is 1. The van der Waals surface area contributed by atoms with Crippen molar-refractivity contribution in [2.75, 3.05) is 11.5 Å². The first-order valence-electron chi connectivity index (χ1n) is 5.85. The van der Waals surface area contributed by atoms with Crippen LogP contribution in [0.5, 0.6) is 0 Å². The van der Waals surface area contributed by atoms with Gasteiger partial charge in [-0.3, -0.25) is 0 Å². The van der Waals surface area contributed by atoms with E-state index in [0.29, 0.717) is 11.4 Å². The summed E-state index contributed by atoms with van der Waals surface area (Å²) in [5.41, 5.74) is 16.0. The lowest BCUT2D eigenvalue weighted by atomic mass is 10.1. The molecule has 2 aromatic carbocycles. The van der Waals surface area contributed by atoms with Gasteiger partial charge in [0.15, 0.2) is 0 Å². The summed E-state index contributed by atoms with van der Waals surface area (Å²) in [4.78, 5) is 4.63. The fraction of sp³-hybridized carbons (Fsp3) is 0. The van der Waals surface area contributed by atoms with E-state index in [1.165, 1.54) is 0 Å². The summed E-state index contributed by atoms with van der Waals surface area (Å²) in [7, 11) is 0. The van der Waals surface area contributed by atoms with Gasteiger partial charge in [-0.15, -0.1) is 0 Å². The topological polar surface area (TPSA) is 64.9 Å². The van der Waals surface area contributed by atoms with Crippen molar-refractivity contribution in [2.24, 2.45) is 0 Å². The molecule has 0 aliphatic carbocycles. The molecule has 0 amide bonds. The molecule has 0 saturated carbocycles. The van der Waals surface area contributed by atoms with Gasteiger partial charge in [0, 0.05) is 26.8 Å². The van der Waals surface area contributed by atoms with Crippen molar-refractivity contribution in [3.8, 4) is 11.3 Å².